The molecule has 5 nitrogen and oxygen atoms in total. The molecule has 0 bridgehead atoms. The molecule has 0 saturated heterocycles. The molecule has 3 aromatic carbocycles. The lowest BCUT2D eigenvalue weighted by Gasteiger charge is -2.19. The summed E-state index contributed by atoms with van der Waals surface area (Å²) in [5.74, 6) is -1.46. The average molecular weight is 402 g/mol. The highest BCUT2D eigenvalue weighted by Crippen LogP contribution is 2.27. The van der Waals surface area contributed by atoms with E-state index < -0.39 is 11.8 Å². The second kappa shape index (κ2) is 8.93. The van der Waals surface area contributed by atoms with Gasteiger partial charge in [-0.05, 0) is 46.4 Å². The first-order valence-electron chi connectivity index (χ1n) is 9.80. The van der Waals surface area contributed by atoms with E-state index in [1.54, 1.807) is 29.7 Å². The molecule has 3 rings (SSSR count). The second-order valence-corrected chi connectivity index (χ2v) is 8.23. The quantitative estimate of drug-likeness (QED) is 0.421. The van der Waals surface area contributed by atoms with Crippen molar-refractivity contribution in [1.29, 1.82) is 0 Å². The van der Waals surface area contributed by atoms with Crippen molar-refractivity contribution in [3.8, 4) is 0 Å². The number of carbonyl (C=O) groups is 2. The Labute approximate surface area is 176 Å². The van der Waals surface area contributed by atoms with Gasteiger partial charge in [0.25, 0.3) is 11.8 Å². The van der Waals surface area contributed by atoms with E-state index in [0.717, 1.165) is 11.1 Å². The molecular formula is C25H26N2O3. The van der Waals surface area contributed by atoms with Crippen molar-refractivity contribution in [2.24, 2.45) is 0 Å². The Morgan fingerprint density at radius 2 is 1.47 bits per heavy atom. The van der Waals surface area contributed by atoms with Gasteiger partial charge in [0.1, 0.15) is 0 Å². The Bertz CT molecular complexity index is 1020. The maximum absolute atomic E-state index is 12.7. The Hall–Kier alpha value is -3.44. The fourth-order valence-corrected chi connectivity index (χ4v) is 3.33. The Morgan fingerprint density at radius 3 is 2.07 bits per heavy atom. The first-order chi connectivity index (χ1) is 14.3. The van der Waals surface area contributed by atoms with Crippen LogP contribution in [0.4, 0.5) is 5.69 Å². The maximum atomic E-state index is 12.7. The standard InChI is InChI=1S/C25H26N2O3/c1-25(2,3)20-14-12-18(13-15-20)23(28)26-21-11-7-10-19(16-21)22(24(29)27-30)17-8-5-4-6-9-17/h4-16,22,30H,1-3H3,(H,26,28)(H,27,29). The van der Waals surface area contributed by atoms with Gasteiger partial charge in [-0.15, -0.1) is 0 Å². The highest BCUT2D eigenvalue weighted by atomic mass is 16.5. The van der Waals surface area contributed by atoms with Crippen molar-refractivity contribution in [1.82, 2.24) is 5.48 Å². The highest BCUT2D eigenvalue weighted by Gasteiger charge is 2.23. The number of anilines is 1. The van der Waals surface area contributed by atoms with E-state index in [-0.39, 0.29) is 11.3 Å². The van der Waals surface area contributed by atoms with Gasteiger partial charge in [-0.25, -0.2) is 5.48 Å². The SMILES string of the molecule is CC(C)(C)c1ccc(C(=O)Nc2cccc(C(C(=O)NO)c3ccccc3)c2)cc1. The molecule has 0 spiro atoms. The van der Waals surface area contributed by atoms with Crippen LogP contribution in [0, 0.1) is 0 Å². The maximum Gasteiger partial charge on any atom is 0.255 e. The normalized spacial score (nSPS) is 12.1. The Morgan fingerprint density at radius 1 is 0.833 bits per heavy atom. The number of carbonyl (C=O) groups excluding carboxylic acids is 2. The van der Waals surface area contributed by atoms with Crippen LogP contribution in [0.15, 0.2) is 78.9 Å². The number of benzene rings is 3. The lowest BCUT2D eigenvalue weighted by Crippen LogP contribution is -2.27. The van der Waals surface area contributed by atoms with E-state index in [0.29, 0.717) is 16.8 Å². The average Bonchev–Trinajstić information content (AvgIpc) is 2.74. The molecule has 0 aliphatic rings. The van der Waals surface area contributed by atoms with E-state index in [1.165, 1.54) is 0 Å². The van der Waals surface area contributed by atoms with Gasteiger partial charge in [0, 0.05) is 11.3 Å². The van der Waals surface area contributed by atoms with Gasteiger partial charge in [-0.1, -0.05) is 75.4 Å². The number of hydroxylamine groups is 1. The lowest BCUT2D eigenvalue weighted by molar-refractivity contribution is -0.129. The highest BCUT2D eigenvalue weighted by molar-refractivity contribution is 6.04. The summed E-state index contributed by atoms with van der Waals surface area (Å²) in [4.78, 5) is 25.0. The third kappa shape index (κ3) is 4.93. The topological polar surface area (TPSA) is 78.4 Å². The van der Waals surface area contributed by atoms with Crippen molar-refractivity contribution < 1.29 is 14.8 Å². The van der Waals surface area contributed by atoms with Crippen LogP contribution in [0.5, 0.6) is 0 Å². The van der Waals surface area contributed by atoms with Gasteiger partial charge in [0.05, 0.1) is 5.92 Å². The van der Waals surface area contributed by atoms with Crippen LogP contribution in [-0.4, -0.2) is 17.0 Å². The van der Waals surface area contributed by atoms with Crippen molar-refractivity contribution in [2.45, 2.75) is 32.1 Å². The van der Waals surface area contributed by atoms with Crippen LogP contribution < -0.4 is 10.8 Å². The fourth-order valence-electron chi connectivity index (χ4n) is 3.33. The smallest absolute Gasteiger partial charge is 0.255 e. The molecule has 0 saturated carbocycles. The van der Waals surface area contributed by atoms with Crippen LogP contribution >= 0.6 is 0 Å². The Kier molecular flexibility index (Phi) is 6.33. The summed E-state index contributed by atoms with van der Waals surface area (Å²) in [5, 5.41) is 12.1. The van der Waals surface area contributed by atoms with Crippen LogP contribution in [-0.2, 0) is 10.2 Å². The molecule has 0 aliphatic carbocycles. The monoisotopic (exact) mass is 402 g/mol. The zero-order chi connectivity index (χ0) is 21.7. The van der Waals surface area contributed by atoms with Gasteiger partial charge >= 0.3 is 0 Å². The summed E-state index contributed by atoms with van der Waals surface area (Å²) in [6, 6.07) is 23.8. The van der Waals surface area contributed by atoms with E-state index in [9.17, 15) is 14.8 Å². The molecule has 0 heterocycles. The minimum Gasteiger partial charge on any atom is -0.322 e. The van der Waals surface area contributed by atoms with Gasteiger partial charge in [0.2, 0.25) is 0 Å². The first-order valence-corrected chi connectivity index (χ1v) is 9.80. The molecule has 2 amide bonds. The molecule has 5 heteroatoms. The van der Waals surface area contributed by atoms with Gasteiger partial charge < -0.3 is 5.32 Å². The minimum absolute atomic E-state index is 0.0169. The number of nitrogens with one attached hydrogen (secondary N) is 2. The summed E-state index contributed by atoms with van der Waals surface area (Å²) in [6.45, 7) is 6.37. The number of hydrogen-bond donors (Lipinski definition) is 3. The molecule has 154 valence electrons. The lowest BCUT2D eigenvalue weighted by atomic mass is 9.86. The fraction of sp³-hybridized carbons (Fsp3) is 0.200. The summed E-state index contributed by atoms with van der Waals surface area (Å²) in [6.07, 6.45) is 0. The molecule has 0 fully saturated rings. The van der Waals surface area contributed by atoms with E-state index >= 15 is 0 Å². The second-order valence-electron chi connectivity index (χ2n) is 8.23. The van der Waals surface area contributed by atoms with Crippen LogP contribution in [0.1, 0.15) is 53.7 Å². The van der Waals surface area contributed by atoms with Crippen molar-refractivity contribution in [2.75, 3.05) is 5.32 Å². The van der Waals surface area contributed by atoms with Gasteiger partial charge in [-0.3, -0.25) is 14.8 Å². The minimum atomic E-state index is -0.695. The van der Waals surface area contributed by atoms with Gasteiger partial charge in [0.15, 0.2) is 0 Å². The molecular weight excluding hydrogens is 376 g/mol. The molecule has 0 aromatic heterocycles. The van der Waals surface area contributed by atoms with Crippen LogP contribution in [0.2, 0.25) is 0 Å². The summed E-state index contributed by atoms with van der Waals surface area (Å²) < 4.78 is 0. The molecule has 3 aromatic rings. The van der Waals surface area contributed by atoms with E-state index in [4.69, 9.17) is 0 Å². The number of amides is 2. The van der Waals surface area contributed by atoms with Crippen molar-refractivity contribution in [3.05, 3.63) is 101 Å². The zero-order valence-corrected chi connectivity index (χ0v) is 17.3. The first kappa shape index (κ1) is 21.3. The largest absolute Gasteiger partial charge is 0.322 e. The van der Waals surface area contributed by atoms with E-state index in [1.807, 2.05) is 54.6 Å². The van der Waals surface area contributed by atoms with Gasteiger partial charge in [-0.2, -0.15) is 0 Å². The van der Waals surface area contributed by atoms with E-state index in [2.05, 4.69) is 26.1 Å². The summed E-state index contributed by atoms with van der Waals surface area (Å²) in [7, 11) is 0. The molecule has 0 aliphatic heterocycles. The van der Waals surface area contributed by atoms with Crippen molar-refractivity contribution >= 4 is 17.5 Å². The third-order valence-electron chi connectivity index (χ3n) is 5.00. The Balaban J connectivity index is 1.84. The zero-order valence-electron chi connectivity index (χ0n) is 17.3. The predicted octanol–water partition coefficient (Wildman–Crippen LogP) is 4.87. The number of hydrogen-bond acceptors (Lipinski definition) is 3. The number of rotatable bonds is 5. The third-order valence-corrected chi connectivity index (χ3v) is 5.00. The molecule has 0 radical (unpaired) electrons. The molecule has 30 heavy (non-hydrogen) atoms. The summed E-state index contributed by atoms with van der Waals surface area (Å²) >= 11 is 0. The predicted molar refractivity (Wildman–Crippen MR) is 118 cm³/mol. The summed E-state index contributed by atoms with van der Waals surface area (Å²) in [5.41, 5.74) is 5.44. The van der Waals surface area contributed by atoms with Crippen LogP contribution in [0.3, 0.4) is 0 Å². The van der Waals surface area contributed by atoms with Crippen molar-refractivity contribution in [3.63, 3.8) is 0 Å². The molecule has 1 atom stereocenters. The molecule has 1 unspecified atom stereocenters. The van der Waals surface area contributed by atoms with Crippen LogP contribution in [0.25, 0.3) is 0 Å². The molecule has 3 N–H and O–H groups in total.